The first kappa shape index (κ1) is 18.3. The number of hydrogen-bond acceptors (Lipinski definition) is 3. The molecule has 118 valence electrons. The summed E-state index contributed by atoms with van der Waals surface area (Å²) in [6, 6.07) is 1.39. The third kappa shape index (κ3) is 4.63. The van der Waals surface area contributed by atoms with Crippen molar-refractivity contribution in [3.63, 3.8) is 0 Å². The third-order valence-corrected chi connectivity index (χ3v) is 3.88. The number of carbonyl (C=O) groups is 2. The second-order valence-corrected chi connectivity index (χ2v) is 7.86. The fourth-order valence-corrected chi connectivity index (χ4v) is 2.10. The Balaban J connectivity index is 3.26. The zero-order chi connectivity index (χ0) is 16.4. The maximum atomic E-state index is 12.0. The molecule has 1 rings (SSSR count). The quantitative estimate of drug-likeness (QED) is 0.451. The van der Waals surface area contributed by atoms with Gasteiger partial charge in [-0.1, -0.05) is 55.6 Å². The van der Waals surface area contributed by atoms with Crippen LogP contribution in [0.2, 0.25) is 0 Å². The van der Waals surface area contributed by atoms with Gasteiger partial charge in [-0.05, 0) is 17.9 Å². The van der Waals surface area contributed by atoms with E-state index in [4.69, 9.17) is 39.5 Å². The van der Waals surface area contributed by atoms with Crippen LogP contribution < -0.4 is 0 Å². The second kappa shape index (κ2) is 6.59. The molecule has 0 saturated carbocycles. The van der Waals surface area contributed by atoms with E-state index in [-0.39, 0.29) is 16.7 Å². The summed E-state index contributed by atoms with van der Waals surface area (Å²) < 4.78 is 4.34. The number of halogens is 3. The molecule has 21 heavy (non-hydrogen) atoms. The van der Waals surface area contributed by atoms with Crippen molar-refractivity contribution in [1.29, 1.82) is 0 Å². The van der Waals surface area contributed by atoms with Crippen molar-refractivity contribution in [3.05, 3.63) is 23.5 Å². The van der Waals surface area contributed by atoms with Crippen LogP contribution >= 0.6 is 34.8 Å². The zero-order valence-electron chi connectivity index (χ0n) is 12.4. The van der Waals surface area contributed by atoms with Crippen LogP contribution in [0.25, 0.3) is 0 Å². The zero-order valence-corrected chi connectivity index (χ0v) is 14.6. The van der Waals surface area contributed by atoms with Crippen LogP contribution in [0.15, 0.2) is 12.3 Å². The number of ether oxygens (including phenoxy) is 1. The molecule has 0 bridgehead atoms. The van der Waals surface area contributed by atoms with Crippen LogP contribution in [-0.4, -0.2) is 27.2 Å². The largest absolute Gasteiger partial charge is 0.464 e. The minimum Gasteiger partial charge on any atom is -0.464 e. The van der Waals surface area contributed by atoms with Crippen molar-refractivity contribution in [3.8, 4) is 0 Å². The van der Waals surface area contributed by atoms with Gasteiger partial charge >= 0.3 is 5.97 Å². The van der Waals surface area contributed by atoms with Gasteiger partial charge in [0.05, 0.1) is 7.11 Å². The Kier molecular flexibility index (Phi) is 5.76. The summed E-state index contributed by atoms with van der Waals surface area (Å²) in [5, 5.41) is 0. The molecule has 0 atom stereocenters. The van der Waals surface area contributed by atoms with Crippen molar-refractivity contribution < 1.29 is 14.3 Å². The Labute approximate surface area is 139 Å². The number of hydrogen-bond donors (Lipinski definition) is 0. The molecule has 7 heteroatoms. The molecule has 0 aliphatic heterocycles. The molecule has 0 radical (unpaired) electrons. The topological polar surface area (TPSA) is 48.3 Å². The fourth-order valence-electron chi connectivity index (χ4n) is 1.78. The molecule has 0 aliphatic carbocycles. The predicted molar refractivity (Wildman–Crippen MR) is 84.5 cm³/mol. The van der Waals surface area contributed by atoms with Crippen molar-refractivity contribution in [2.75, 3.05) is 7.11 Å². The number of carbonyl (C=O) groups excluding carboxylic acids is 2. The maximum Gasteiger partial charge on any atom is 0.354 e. The molecule has 0 spiro atoms. The van der Waals surface area contributed by atoms with Gasteiger partial charge in [-0.2, -0.15) is 0 Å². The number of Topliss-reactive ketones (excluding diaryl/α,β-unsaturated/α-hetero) is 1. The standard InChI is InChI=1S/C14H18Cl3NO3/c1-5-13(2,3)8-18-7-9(11(19)14(15,16)17)6-10(18)12(20)21-4/h6-7H,5,8H2,1-4H3. The molecule has 0 unspecified atom stereocenters. The van der Waals surface area contributed by atoms with Crippen LogP contribution in [0.4, 0.5) is 0 Å². The van der Waals surface area contributed by atoms with Crippen LogP contribution in [0, 0.1) is 5.41 Å². The predicted octanol–water partition coefficient (Wildman–Crippen LogP) is 4.26. The first-order valence-electron chi connectivity index (χ1n) is 6.42. The molecule has 0 aliphatic rings. The molecular formula is C14H18Cl3NO3. The van der Waals surface area contributed by atoms with E-state index < -0.39 is 15.5 Å². The lowest BCUT2D eigenvalue weighted by Crippen LogP contribution is -2.21. The highest BCUT2D eigenvalue weighted by Gasteiger charge is 2.34. The van der Waals surface area contributed by atoms with E-state index >= 15 is 0 Å². The van der Waals surface area contributed by atoms with Gasteiger partial charge in [-0.15, -0.1) is 0 Å². The Bertz CT molecular complexity index is 544. The summed E-state index contributed by atoms with van der Waals surface area (Å²) in [7, 11) is 1.28. The molecule has 1 aromatic heterocycles. The number of alkyl halides is 3. The Hall–Kier alpha value is -0.710. The number of aromatic nitrogens is 1. The van der Waals surface area contributed by atoms with Gasteiger partial charge in [0.1, 0.15) is 5.69 Å². The molecule has 0 aromatic carbocycles. The van der Waals surface area contributed by atoms with E-state index in [0.717, 1.165) is 6.42 Å². The molecule has 1 heterocycles. The number of methoxy groups -OCH3 is 1. The van der Waals surface area contributed by atoms with E-state index in [1.165, 1.54) is 19.4 Å². The summed E-state index contributed by atoms with van der Waals surface area (Å²) in [4.78, 5) is 23.9. The Morgan fingerprint density at radius 2 is 1.86 bits per heavy atom. The highest BCUT2D eigenvalue weighted by atomic mass is 35.6. The van der Waals surface area contributed by atoms with Crippen molar-refractivity contribution >= 4 is 46.6 Å². The summed E-state index contributed by atoms with van der Waals surface area (Å²) in [6.07, 6.45) is 2.42. The average Bonchev–Trinajstić information content (AvgIpc) is 2.78. The van der Waals surface area contributed by atoms with Crippen LogP contribution in [0.3, 0.4) is 0 Å². The molecule has 0 amide bonds. The number of esters is 1. The average molecular weight is 355 g/mol. The van der Waals surface area contributed by atoms with Crippen molar-refractivity contribution in [2.45, 2.75) is 37.5 Å². The van der Waals surface area contributed by atoms with Gasteiger partial charge in [0.2, 0.25) is 5.78 Å². The number of nitrogens with zero attached hydrogens (tertiary/aromatic N) is 1. The number of ketones is 1. The highest BCUT2D eigenvalue weighted by Crippen LogP contribution is 2.32. The molecule has 1 aromatic rings. The first-order chi connectivity index (χ1) is 9.51. The van der Waals surface area contributed by atoms with Gasteiger partial charge in [0, 0.05) is 18.3 Å². The first-order valence-corrected chi connectivity index (χ1v) is 7.55. The fraction of sp³-hybridized carbons (Fsp3) is 0.571. The van der Waals surface area contributed by atoms with E-state index in [2.05, 4.69) is 20.8 Å². The van der Waals surface area contributed by atoms with Crippen molar-refractivity contribution in [2.24, 2.45) is 5.41 Å². The van der Waals surface area contributed by atoms with Gasteiger partial charge in [-0.3, -0.25) is 4.79 Å². The summed E-state index contributed by atoms with van der Waals surface area (Å²) in [6.45, 7) is 6.71. The lowest BCUT2D eigenvalue weighted by atomic mass is 9.90. The normalized spacial score (nSPS) is 12.3. The van der Waals surface area contributed by atoms with E-state index in [1.54, 1.807) is 4.57 Å². The molecule has 0 saturated heterocycles. The van der Waals surface area contributed by atoms with Gasteiger partial charge in [-0.25, -0.2) is 4.79 Å². The van der Waals surface area contributed by atoms with Crippen molar-refractivity contribution in [1.82, 2.24) is 4.57 Å². The third-order valence-electron chi connectivity index (χ3n) is 3.37. The highest BCUT2D eigenvalue weighted by molar-refractivity contribution is 6.77. The molecule has 0 fully saturated rings. The Morgan fingerprint density at radius 3 is 2.29 bits per heavy atom. The van der Waals surface area contributed by atoms with Gasteiger partial charge in [0.25, 0.3) is 3.79 Å². The Morgan fingerprint density at radius 1 is 1.29 bits per heavy atom. The van der Waals surface area contributed by atoms with Crippen LogP contribution in [0.1, 0.15) is 48.0 Å². The molecule has 4 nitrogen and oxygen atoms in total. The monoisotopic (exact) mass is 353 g/mol. The smallest absolute Gasteiger partial charge is 0.354 e. The van der Waals surface area contributed by atoms with E-state index in [1.807, 2.05) is 0 Å². The lowest BCUT2D eigenvalue weighted by molar-refractivity contribution is 0.0585. The van der Waals surface area contributed by atoms with E-state index in [9.17, 15) is 9.59 Å². The minimum absolute atomic E-state index is 0.0535. The summed E-state index contributed by atoms with van der Waals surface area (Å²) in [5.74, 6) is -1.21. The van der Waals surface area contributed by atoms with Crippen LogP contribution in [-0.2, 0) is 11.3 Å². The molecular weight excluding hydrogens is 337 g/mol. The van der Waals surface area contributed by atoms with Gasteiger partial charge in [0.15, 0.2) is 0 Å². The summed E-state index contributed by atoms with van der Waals surface area (Å²) in [5.41, 5.74) is 0.376. The summed E-state index contributed by atoms with van der Waals surface area (Å²) >= 11 is 16.8. The lowest BCUT2D eigenvalue weighted by Gasteiger charge is -2.24. The van der Waals surface area contributed by atoms with Gasteiger partial charge < -0.3 is 9.30 Å². The second-order valence-electron chi connectivity index (χ2n) is 5.58. The van der Waals surface area contributed by atoms with Crippen LogP contribution in [0.5, 0.6) is 0 Å². The SMILES string of the molecule is CCC(C)(C)Cn1cc(C(=O)C(Cl)(Cl)Cl)cc1C(=O)OC. The van der Waals surface area contributed by atoms with E-state index in [0.29, 0.717) is 6.54 Å². The minimum atomic E-state index is -2.06. The molecule has 0 N–H and O–H groups in total. The maximum absolute atomic E-state index is 12.0. The number of rotatable bonds is 5.